The topological polar surface area (TPSA) is 51.1 Å². The maximum atomic E-state index is 11.6. The van der Waals surface area contributed by atoms with Gasteiger partial charge in [-0.2, -0.15) is 5.10 Å². The molecule has 0 N–H and O–H groups in total. The second kappa shape index (κ2) is 7.81. The van der Waals surface area contributed by atoms with E-state index in [0.29, 0.717) is 6.61 Å². The molecule has 1 rings (SSSR count). The molecule has 0 heterocycles. The fourth-order valence-electron chi connectivity index (χ4n) is 2.27. The summed E-state index contributed by atoms with van der Waals surface area (Å²) in [5.74, 6) is 0.792. The van der Waals surface area contributed by atoms with Gasteiger partial charge in [0.15, 0.2) is 0 Å². The Bertz CT molecular complexity index is 334. The number of hydrogen-bond donors (Lipinski definition) is 0. The first-order chi connectivity index (χ1) is 9.06. The quantitative estimate of drug-likeness (QED) is 0.321. The van der Waals surface area contributed by atoms with E-state index in [1.54, 1.807) is 18.3 Å². The number of hydrogen-bond acceptors (Lipinski definition) is 5. The molecule has 19 heavy (non-hydrogen) atoms. The molecule has 0 bridgehead atoms. The smallest absolute Gasteiger partial charge is 0.308 e. The third-order valence-electron chi connectivity index (χ3n) is 3.24. The monoisotopic (exact) mass is 268 g/mol. The molecule has 0 unspecified atom stereocenters. The molecule has 0 aromatic carbocycles. The third kappa shape index (κ3) is 5.32. The molecule has 108 valence electrons. The van der Waals surface area contributed by atoms with Crippen LogP contribution >= 0.6 is 0 Å². The van der Waals surface area contributed by atoms with Gasteiger partial charge in [0.05, 0.1) is 24.8 Å². The van der Waals surface area contributed by atoms with Crippen LogP contribution in [0.1, 0.15) is 39.5 Å². The Kier molecular flexibility index (Phi) is 6.39. The summed E-state index contributed by atoms with van der Waals surface area (Å²) in [6.07, 6.45) is 5.43. The Morgan fingerprint density at radius 1 is 1.42 bits per heavy atom. The summed E-state index contributed by atoms with van der Waals surface area (Å²) in [4.78, 5) is 11.6. The molecule has 0 radical (unpaired) electrons. The molecule has 0 spiro atoms. The van der Waals surface area contributed by atoms with Crippen LogP contribution in [0.25, 0.3) is 0 Å². The zero-order valence-electron chi connectivity index (χ0n) is 12.1. The highest BCUT2D eigenvalue weighted by Gasteiger charge is 2.28. The molecule has 0 atom stereocenters. The van der Waals surface area contributed by atoms with Gasteiger partial charge in [-0.3, -0.25) is 9.80 Å². The number of hydrazone groups is 1. The standard InChI is InChI=1S/C14H24N2O3/c1-5-18-14(17)12-6-8-13(9-7-12)19-11(2)10-16(4)15-3/h10,12-13H,3,5-9H2,1-2,4H3/b11-10+. The molecule has 0 amide bonds. The average molecular weight is 268 g/mol. The van der Waals surface area contributed by atoms with E-state index in [2.05, 4.69) is 11.8 Å². The normalized spacial score (nSPS) is 23.6. The van der Waals surface area contributed by atoms with E-state index in [1.807, 2.05) is 13.8 Å². The van der Waals surface area contributed by atoms with Gasteiger partial charge in [-0.25, -0.2) is 0 Å². The van der Waals surface area contributed by atoms with Crippen molar-refractivity contribution in [3.63, 3.8) is 0 Å². The molecular weight excluding hydrogens is 244 g/mol. The van der Waals surface area contributed by atoms with E-state index in [-0.39, 0.29) is 18.0 Å². The molecule has 0 aromatic heterocycles. The lowest BCUT2D eigenvalue weighted by Gasteiger charge is -2.28. The van der Waals surface area contributed by atoms with Crippen molar-refractivity contribution < 1.29 is 14.3 Å². The number of allylic oxidation sites excluding steroid dienone is 1. The van der Waals surface area contributed by atoms with E-state index in [0.717, 1.165) is 31.4 Å². The first-order valence-corrected chi connectivity index (χ1v) is 6.78. The zero-order chi connectivity index (χ0) is 14.3. The predicted molar refractivity (Wildman–Crippen MR) is 74.5 cm³/mol. The summed E-state index contributed by atoms with van der Waals surface area (Å²) in [6.45, 7) is 7.63. The van der Waals surface area contributed by atoms with E-state index in [9.17, 15) is 4.79 Å². The van der Waals surface area contributed by atoms with Crippen LogP contribution in [0, 0.1) is 5.92 Å². The summed E-state index contributed by atoms with van der Waals surface area (Å²) >= 11 is 0. The fourth-order valence-corrected chi connectivity index (χ4v) is 2.27. The van der Waals surface area contributed by atoms with Crippen LogP contribution < -0.4 is 0 Å². The highest BCUT2D eigenvalue weighted by molar-refractivity contribution is 5.72. The highest BCUT2D eigenvalue weighted by Crippen LogP contribution is 2.28. The zero-order valence-corrected chi connectivity index (χ0v) is 12.1. The highest BCUT2D eigenvalue weighted by atomic mass is 16.5. The van der Waals surface area contributed by atoms with Crippen LogP contribution in [0.15, 0.2) is 17.1 Å². The minimum absolute atomic E-state index is 0.0431. The lowest BCUT2D eigenvalue weighted by molar-refractivity contribution is -0.149. The molecule has 0 aliphatic heterocycles. The molecule has 1 fully saturated rings. The second-order valence-electron chi connectivity index (χ2n) is 4.80. The van der Waals surface area contributed by atoms with Crippen LogP contribution in [-0.2, 0) is 14.3 Å². The van der Waals surface area contributed by atoms with Crippen LogP contribution in [0.4, 0.5) is 0 Å². The number of ether oxygens (including phenoxy) is 2. The minimum Gasteiger partial charge on any atom is -0.493 e. The Balaban J connectivity index is 2.36. The summed E-state index contributed by atoms with van der Waals surface area (Å²) in [5, 5.41) is 5.35. The molecule has 1 saturated carbocycles. The van der Waals surface area contributed by atoms with Gasteiger partial charge in [0.1, 0.15) is 5.76 Å². The van der Waals surface area contributed by atoms with Crippen molar-refractivity contribution in [2.75, 3.05) is 13.7 Å². The maximum absolute atomic E-state index is 11.6. The number of esters is 1. The van der Waals surface area contributed by atoms with Crippen molar-refractivity contribution in [2.45, 2.75) is 45.6 Å². The molecule has 1 aliphatic rings. The van der Waals surface area contributed by atoms with Gasteiger partial charge < -0.3 is 9.47 Å². The van der Waals surface area contributed by atoms with Crippen molar-refractivity contribution in [3.8, 4) is 0 Å². The molecule has 0 aromatic rings. The summed E-state index contributed by atoms with van der Waals surface area (Å²) in [5.41, 5.74) is 0. The maximum Gasteiger partial charge on any atom is 0.308 e. The third-order valence-corrected chi connectivity index (χ3v) is 3.24. The largest absolute Gasteiger partial charge is 0.493 e. The van der Waals surface area contributed by atoms with Gasteiger partial charge in [-0.1, -0.05) is 0 Å². The van der Waals surface area contributed by atoms with E-state index in [1.165, 1.54) is 0 Å². The summed E-state index contributed by atoms with van der Waals surface area (Å²) < 4.78 is 10.9. The number of carbonyl (C=O) groups excluding carboxylic acids is 1. The lowest BCUT2D eigenvalue weighted by atomic mass is 9.87. The van der Waals surface area contributed by atoms with Crippen molar-refractivity contribution in [1.29, 1.82) is 0 Å². The van der Waals surface area contributed by atoms with Gasteiger partial charge in [0.25, 0.3) is 0 Å². The van der Waals surface area contributed by atoms with Crippen molar-refractivity contribution in [3.05, 3.63) is 12.0 Å². The van der Waals surface area contributed by atoms with Crippen LogP contribution in [0.5, 0.6) is 0 Å². The first-order valence-electron chi connectivity index (χ1n) is 6.78. The summed E-state index contributed by atoms with van der Waals surface area (Å²) in [6, 6.07) is 0. The Morgan fingerprint density at radius 2 is 2.05 bits per heavy atom. The molecular formula is C14H24N2O3. The van der Waals surface area contributed by atoms with Crippen LogP contribution in [0.3, 0.4) is 0 Å². The van der Waals surface area contributed by atoms with Crippen molar-refractivity contribution in [1.82, 2.24) is 5.01 Å². The SMILES string of the molecule is C=NN(C)/C=C(\C)OC1CCC(C(=O)OCC)CC1. The van der Waals surface area contributed by atoms with Crippen molar-refractivity contribution in [2.24, 2.45) is 11.0 Å². The van der Waals surface area contributed by atoms with Crippen LogP contribution in [0.2, 0.25) is 0 Å². The van der Waals surface area contributed by atoms with Gasteiger partial charge in [-0.15, -0.1) is 0 Å². The lowest BCUT2D eigenvalue weighted by Crippen LogP contribution is -2.27. The number of rotatable bonds is 6. The molecule has 1 aliphatic carbocycles. The van der Waals surface area contributed by atoms with Crippen LogP contribution in [-0.4, -0.2) is 37.5 Å². The molecule has 5 nitrogen and oxygen atoms in total. The number of nitrogens with zero attached hydrogens (tertiary/aromatic N) is 2. The fraction of sp³-hybridized carbons (Fsp3) is 0.714. The number of carbonyl (C=O) groups is 1. The first kappa shape index (κ1) is 15.5. The summed E-state index contributed by atoms with van der Waals surface area (Å²) in [7, 11) is 1.80. The van der Waals surface area contributed by atoms with E-state index < -0.39 is 0 Å². The minimum atomic E-state index is -0.0659. The Hall–Kier alpha value is -1.52. The van der Waals surface area contributed by atoms with Gasteiger partial charge >= 0.3 is 5.97 Å². The predicted octanol–water partition coefficient (Wildman–Crippen LogP) is 2.53. The average Bonchev–Trinajstić information content (AvgIpc) is 2.39. The van der Waals surface area contributed by atoms with Gasteiger partial charge in [-0.05, 0) is 39.5 Å². The second-order valence-corrected chi connectivity index (χ2v) is 4.80. The Labute approximate surface area is 115 Å². The molecule has 5 heteroatoms. The molecule has 0 saturated heterocycles. The van der Waals surface area contributed by atoms with Gasteiger partial charge in [0, 0.05) is 13.8 Å². The van der Waals surface area contributed by atoms with E-state index in [4.69, 9.17) is 9.47 Å². The van der Waals surface area contributed by atoms with Crippen molar-refractivity contribution >= 4 is 12.7 Å². The Morgan fingerprint density at radius 3 is 2.58 bits per heavy atom. The van der Waals surface area contributed by atoms with Gasteiger partial charge in [0.2, 0.25) is 0 Å². The van der Waals surface area contributed by atoms with E-state index >= 15 is 0 Å².